The summed E-state index contributed by atoms with van der Waals surface area (Å²) in [6.07, 6.45) is -6.98. The minimum absolute atomic E-state index is 0.238. The van der Waals surface area contributed by atoms with E-state index in [0.717, 1.165) is 22.3 Å². The Morgan fingerprint density at radius 3 is 1.25 bits per heavy atom. The van der Waals surface area contributed by atoms with Crippen LogP contribution in [0.5, 0.6) is 0 Å². The Balaban J connectivity index is 1.72. The van der Waals surface area contributed by atoms with Crippen molar-refractivity contribution < 1.29 is 38.7 Å². The van der Waals surface area contributed by atoms with Gasteiger partial charge in [-0.3, -0.25) is 0 Å². The second-order valence-electron chi connectivity index (χ2n) is 8.42. The van der Waals surface area contributed by atoms with Gasteiger partial charge >= 0.3 is 12.3 Å². The van der Waals surface area contributed by atoms with E-state index in [0.29, 0.717) is 0 Å². The highest BCUT2D eigenvalue weighted by atomic mass is 16.7. The molecule has 32 heavy (non-hydrogen) atoms. The van der Waals surface area contributed by atoms with Crippen molar-refractivity contribution >= 4 is 12.3 Å². The molecule has 4 aliphatic carbocycles. The van der Waals surface area contributed by atoms with Crippen molar-refractivity contribution in [3.8, 4) is 0 Å². The number of ether oxygens (including phenoxy) is 4. The number of hydrogen-bond donors (Lipinski definition) is 2. The second-order valence-corrected chi connectivity index (χ2v) is 8.42. The highest BCUT2D eigenvalue weighted by Gasteiger charge is 2.63. The van der Waals surface area contributed by atoms with Gasteiger partial charge in [0.05, 0.1) is 14.2 Å². The van der Waals surface area contributed by atoms with E-state index < -0.39 is 48.6 Å². The Hall–Kier alpha value is -3.10. The third-order valence-corrected chi connectivity index (χ3v) is 7.13. The fourth-order valence-corrected chi connectivity index (χ4v) is 6.04. The summed E-state index contributed by atoms with van der Waals surface area (Å²) in [6, 6.07) is 15.9. The maximum Gasteiger partial charge on any atom is 0.508 e. The van der Waals surface area contributed by atoms with Crippen LogP contribution < -0.4 is 0 Å². The lowest BCUT2D eigenvalue weighted by Crippen LogP contribution is -2.65. The zero-order valence-electron chi connectivity index (χ0n) is 17.6. The summed E-state index contributed by atoms with van der Waals surface area (Å²) in [5, 5.41) is 22.0. The lowest BCUT2D eigenvalue weighted by molar-refractivity contribution is -0.201. The van der Waals surface area contributed by atoms with Crippen LogP contribution in [-0.4, -0.2) is 61.2 Å². The van der Waals surface area contributed by atoms with Crippen LogP contribution in [-0.2, 0) is 18.9 Å². The molecule has 0 amide bonds. The molecule has 2 N–H and O–H groups in total. The zero-order chi connectivity index (χ0) is 22.6. The standard InChI is InChI=1S/C24H24O8/c1-29-23(27)31-21-17-15-11-7-3-5-9-13(11)16(14-10-6-4-8-12(14)15)18(17)22(20(26)19(21)25)32-24(28)30-2/h3-10,15-22,25-26H,1-2H3/t15?,16?,17?,18?,19-,20+,21-,22+. The van der Waals surface area contributed by atoms with Crippen LogP contribution in [0.25, 0.3) is 0 Å². The van der Waals surface area contributed by atoms with Crippen LogP contribution in [0.3, 0.4) is 0 Å². The summed E-state index contributed by atoms with van der Waals surface area (Å²) >= 11 is 0. The molecule has 6 rings (SSSR count). The molecular formula is C24H24O8. The van der Waals surface area contributed by atoms with Gasteiger partial charge in [-0.25, -0.2) is 9.59 Å². The maximum atomic E-state index is 12.1. The summed E-state index contributed by atoms with van der Waals surface area (Å²) < 4.78 is 20.4. The molecule has 0 spiro atoms. The molecule has 2 unspecified atom stereocenters. The largest absolute Gasteiger partial charge is 0.508 e. The molecule has 0 radical (unpaired) electrons. The Labute approximate surface area is 184 Å². The third kappa shape index (κ3) is 2.90. The molecule has 1 saturated carbocycles. The van der Waals surface area contributed by atoms with Crippen molar-refractivity contribution in [2.24, 2.45) is 11.8 Å². The van der Waals surface area contributed by atoms with E-state index in [1.165, 1.54) is 14.2 Å². The summed E-state index contributed by atoms with van der Waals surface area (Å²) in [5.74, 6) is -1.40. The summed E-state index contributed by atoms with van der Waals surface area (Å²) in [4.78, 5) is 24.1. The Morgan fingerprint density at radius 2 is 0.969 bits per heavy atom. The number of rotatable bonds is 2. The molecule has 8 heteroatoms. The quantitative estimate of drug-likeness (QED) is 0.686. The first kappa shape index (κ1) is 20.8. The normalized spacial score (nSPS) is 33.9. The minimum atomic E-state index is -1.48. The summed E-state index contributed by atoms with van der Waals surface area (Å²) in [7, 11) is 2.37. The number of hydrogen-bond acceptors (Lipinski definition) is 8. The lowest BCUT2D eigenvalue weighted by atomic mass is 9.49. The molecule has 2 aromatic rings. The van der Waals surface area contributed by atoms with E-state index in [4.69, 9.17) is 9.47 Å². The van der Waals surface area contributed by atoms with E-state index in [1.54, 1.807) is 0 Å². The van der Waals surface area contributed by atoms with Crippen molar-refractivity contribution in [1.29, 1.82) is 0 Å². The first-order chi connectivity index (χ1) is 15.5. The summed E-state index contributed by atoms with van der Waals surface area (Å²) in [5.41, 5.74) is 4.26. The van der Waals surface area contributed by atoms with Crippen LogP contribution in [0.4, 0.5) is 9.59 Å². The van der Waals surface area contributed by atoms with Crippen molar-refractivity contribution in [3.05, 3.63) is 70.8 Å². The Morgan fingerprint density at radius 1 is 0.656 bits per heavy atom. The van der Waals surface area contributed by atoms with Crippen LogP contribution in [0.15, 0.2) is 48.5 Å². The molecule has 0 heterocycles. The Bertz CT molecular complexity index is 922. The second kappa shape index (κ2) is 7.79. The highest BCUT2D eigenvalue weighted by Crippen LogP contribution is 2.62. The van der Waals surface area contributed by atoms with Gasteiger partial charge in [0.2, 0.25) is 0 Å². The van der Waals surface area contributed by atoms with Crippen molar-refractivity contribution in [2.75, 3.05) is 14.2 Å². The lowest BCUT2D eigenvalue weighted by Gasteiger charge is -2.58. The number of aliphatic hydroxyl groups is 2. The Kier molecular flexibility index (Phi) is 5.06. The molecule has 6 atom stereocenters. The van der Waals surface area contributed by atoms with Gasteiger partial charge in [0.15, 0.2) is 0 Å². The van der Waals surface area contributed by atoms with E-state index in [-0.39, 0.29) is 11.8 Å². The van der Waals surface area contributed by atoms with E-state index in [9.17, 15) is 19.8 Å². The van der Waals surface area contributed by atoms with Crippen LogP contribution in [0.1, 0.15) is 34.1 Å². The number of benzene rings is 2. The summed E-state index contributed by atoms with van der Waals surface area (Å²) in [6.45, 7) is 0. The molecule has 1 fully saturated rings. The smallest absolute Gasteiger partial charge is 0.438 e. The van der Waals surface area contributed by atoms with Crippen molar-refractivity contribution in [2.45, 2.75) is 36.3 Å². The number of carbonyl (C=O) groups excluding carboxylic acids is 2. The molecule has 2 bridgehead atoms. The van der Waals surface area contributed by atoms with Gasteiger partial charge in [-0.2, -0.15) is 0 Å². The van der Waals surface area contributed by atoms with Gasteiger partial charge in [-0.1, -0.05) is 48.5 Å². The van der Waals surface area contributed by atoms with Gasteiger partial charge < -0.3 is 29.2 Å². The minimum Gasteiger partial charge on any atom is -0.438 e. The van der Waals surface area contributed by atoms with Gasteiger partial charge in [0.1, 0.15) is 24.4 Å². The van der Waals surface area contributed by atoms with E-state index in [2.05, 4.69) is 9.47 Å². The molecule has 0 aromatic heterocycles. The molecule has 2 aromatic carbocycles. The zero-order valence-corrected chi connectivity index (χ0v) is 17.6. The molecule has 8 nitrogen and oxygen atoms in total. The fraction of sp³-hybridized carbons (Fsp3) is 0.417. The van der Waals surface area contributed by atoms with Crippen LogP contribution in [0.2, 0.25) is 0 Å². The van der Waals surface area contributed by atoms with Crippen LogP contribution in [0, 0.1) is 11.8 Å². The van der Waals surface area contributed by atoms with E-state index in [1.807, 2.05) is 48.5 Å². The van der Waals surface area contributed by atoms with Gasteiger partial charge in [-0.15, -0.1) is 0 Å². The third-order valence-electron chi connectivity index (χ3n) is 7.13. The molecule has 168 valence electrons. The predicted molar refractivity (Wildman–Crippen MR) is 110 cm³/mol. The average molecular weight is 440 g/mol. The first-order valence-corrected chi connectivity index (χ1v) is 10.5. The highest BCUT2D eigenvalue weighted by molar-refractivity contribution is 5.62. The molecule has 0 saturated heterocycles. The monoisotopic (exact) mass is 440 g/mol. The van der Waals surface area contributed by atoms with Gasteiger partial charge in [-0.05, 0) is 22.3 Å². The van der Waals surface area contributed by atoms with E-state index >= 15 is 0 Å². The number of carbonyl (C=O) groups is 2. The molecule has 0 aliphatic heterocycles. The predicted octanol–water partition coefficient (Wildman–Crippen LogP) is 2.55. The SMILES string of the molecule is COC(=O)O[C@@H]1C2C3c4ccccc4C(c4ccccc43)C2[C@H](OC(=O)OC)[C@@H](O)[C@H]1O. The number of aliphatic hydroxyl groups excluding tert-OH is 2. The average Bonchev–Trinajstić information content (AvgIpc) is 2.83. The van der Waals surface area contributed by atoms with Crippen LogP contribution >= 0.6 is 0 Å². The van der Waals surface area contributed by atoms with Gasteiger partial charge in [0, 0.05) is 23.7 Å². The van der Waals surface area contributed by atoms with Crippen molar-refractivity contribution in [3.63, 3.8) is 0 Å². The molecule has 4 aliphatic rings. The van der Waals surface area contributed by atoms with Gasteiger partial charge in [0.25, 0.3) is 0 Å². The fourth-order valence-electron chi connectivity index (χ4n) is 6.04. The number of methoxy groups -OCH3 is 2. The van der Waals surface area contributed by atoms with Crippen molar-refractivity contribution in [1.82, 2.24) is 0 Å². The first-order valence-electron chi connectivity index (χ1n) is 10.5. The maximum absolute atomic E-state index is 12.1. The topological polar surface area (TPSA) is 112 Å². The molecular weight excluding hydrogens is 416 g/mol.